The van der Waals surface area contributed by atoms with E-state index >= 15 is 0 Å². The number of rotatable bonds is 5. The van der Waals surface area contributed by atoms with E-state index in [9.17, 15) is 9.59 Å². The average Bonchev–Trinajstić information content (AvgIpc) is 3.08. The molecule has 0 radical (unpaired) electrons. The molecule has 27 heavy (non-hydrogen) atoms. The van der Waals surface area contributed by atoms with Crippen LogP contribution < -0.4 is 10.5 Å². The maximum atomic E-state index is 12.8. The molecule has 1 amide bonds. The number of benzene rings is 2. The van der Waals surface area contributed by atoms with Crippen LogP contribution >= 0.6 is 0 Å². The molecule has 0 aliphatic rings. The molecule has 138 valence electrons. The molecular formula is C20H20N4O3. The van der Waals surface area contributed by atoms with Crippen LogP contribution in [0.25, 0.3) is 5.69 Å². The van der Waals surface area contributed by atoms with Crippen LogP contribution in [0.4, 0.5) is 5.82 Å². The van der Waals surface area contributed by atoms with Gasteiger partial charge in [-0.2, -0.15) is 5.10 Å². The Morgan fingerprint density at radius 3 is 2.48 bits per heavy atom. The highest BCUT2D eigenvalue weighted by Gasteiger charge is 2.19. The van der Waals surface area contributed by atoms with Crippen molar-refractivity contribution in [3.05, 3.63) is 71.4 Å². The fourth-order valence-electron chi connectivity index (χ4n) is 2.69. The number of methoxy groups -OCH3 is 1. The SMILES string of the molecule is COc1cccc(C(=O)c2cnn(-c3cccc(C(=O)N(C)C)c3)c2N)c1. The zero-order valence-corrected chi connectivity index (χ0v) is 15.3. The van der Waals surface area contributed by atoms with Crippen LogP contribution in [0.5, 0.6) is 5.75 Å². The Hall–Kier alpha value is -3.61. The molecule has 0 saturated heterocycles. The minimum absolute atomic E-state index is 0.129. The van der Waals surface area contributed by atoms with Crippen molar-refractivity contribution >= 4 is 17.5 Å². The maximum Gasteiger partial charge on any atom is 0.253 e. The second kappa shape index (κ2) is 7.33. The standard InChI is InChI=1S/C20H20N4O3/c1-23(2)20(26)14-7-4-8-15(10-14)24-19(21)17(12-22-24)18(25)13-6-5-9-16(11-13)27-3/h4-12H,21H2,1-3H3. The summed E-state index contributed by atoms with van der Waals surface area (Å²) in [6.45, 7) is 0. The summed E-state index contributed by atoms with van der Waals surface area (Å²) in [7, 11) is 4.91. The van der Waals surface area contributed by atoms with Crippen molar-refractivity contribution in [3.8, 4) is 11.4 Å². The Bertz CT molecular complexity index is 1010. The third-order valence-electron chi connectivity index (χ3n) is 4.13. The van der Waals surface area contributed by atoms with E-state index in [2.05, 4.69) is 5.10 Å². The third kappa shape index (κ3) is 3.52. The van der Waals surface area contributed by atoms with Gasteiger partial charge < -0.3 is 15.4 Å². The van der Waals surface area contributed by atoms with Crippen LogP contribution in [0.3, 0.4) is 0 Å². The van der Waals surface area contributed by atoms with E-state index in [0.29, 0.717) is 22.6 Å². The number of nitrogens with zero attached hydrogens (tertiary/aromatic N) is 3. The summed E-state index contributed by atoms with van der Waals surface area (Å²) >= 11 is 0. The molecule has 0 spiro atoms. The fraction of sp³-hybridized carbons (Fsp3) is 0.150. The van der Waals surface area contributed by atoms with Crippen LogP contribution in [0, 0.1) is 0 Å². The number of carbonyl (C=O) groups is 2. The molecule has 0 atom stereocenters. The number of nitrogens with two attached hydrogens (primary N) is 1. The van der Waals surface area contributed by atoms with Crippen molar-refractivity contribution in [2.75, 3.05) is 26.9 Å². The molecule has 3 rings (SSSR count). The predicted octanol–water partition coefficient (Wildman–Crippen LogP) is 2.40. The normalized spacial score (nSPS) is 10.5. The highest BCUT2D eigenvalue weighted by atomic mass is 16.5. The Labute approximate surface area is 157 Å². The summed E-state index contributed by atoms with van der Waals surface area (Å²) in [4.78, 5) is 26.5. The lowest BCUT2D eigenvalue weighted by Crippen LogP contribution is -2.21. The van der Waals surface area contributed by atoms with Gasteiger partial charge in [0.1, 0.15) is 11.6 Å². The average molecular weight is 364 g/mol. The molecule has 2 N–H and O–H groups in total. The van der Waals surface area contributed by atoms with E-state index in [1.807, 2.05) is 0 Å². The number of ether oxygens (including phenoxy) is 1. The first-order valence-electron chi connectivity index (χ1n) is 8.26. The molecule has 1 aromatic heterocycles. The molecule has 1 heterocycles. The number of carbonyl (C=O) groups excluding carboxylic acids is 2. The maximum absolute atomic E-state index is 12.8. The van der Waals surface area contributed by atoms with E-state index in [0.717, 1.165) is 0 Å². The Kier molecular flexibility index (Phi) is 4.94. The summed E-state index contributed by atoms with van der Waals surface area (Å²) in [5, 5.41) is 4.24. The summed E-state index contributed by atoms with van der Waals surface area (Å²) in [5.41, 5.74) is 8.03. The van der Waals surface area contributed by atoms with Gasteiger partial charge in [0.2, 0.25) is 0 Å². The topological polar surface area (TPSA) is 90.4 Å². The first kappa shape index (κ1) is 18.2. The molecular weight excluding hydrogens is 344 g/mol. The van der Waals surface area contributed by atoms with Gasteiger partial charge in [-0.3, -0.25) is 9.59 Å². The van der Waals surface area contributed by atoms with Gasteiger partial charge in [0.15, 0.2) is 5.78 Å². The van der Waals surface area contributed by atoms with Gasteiger partial charge in [-0.15, -0.1) is 0 Å². The van der Waals surface area contributed by atoms with Crippen LogP contribution in [0.2, 0.25) is 0 Å². The van der Waals surface area contributed by atoms with Gasteiger partial charge in [0.25, 0.3) is 5.91 Å². The number of amides is 1. The number of ketones is 1. The Morgan fingerprint density at radius 2 is 1.78 bits per heavy atom. The van der Waals surface area contributed by atoms with E-state index in [4.69, 9.17) is 10.5 Å². The van der Waals surface area contributed by atoms with Crippen molar-refractivity contribution < 1.29 is 14.3 Å². The van der Waals surface area contributed by atoms with Crippen molar-refractivity contribution in [1.82, 2.24) is 14.7 Å². The first-order chi connectivity index (χ1) is 12.9. The van der Waals surface area contributed by atoms with Gasteiger partial charge in [-0.1, -0.05) is 18.2 Å². The molecule has 7 nitrogen and oxygen atoms in total. The second-order valence-corrected chi connectivity index (χ2v) is 6.17. The lowest BCUT2D eigenvalue weighted by molar-refractivity contribution is 0.0827. The molecule has 0 aliphatic heterocycles. The minimum atomic E-state index is -0.252. The molecule has 7 heteroatoms. The molecule has 0 bridgehead atoms. The zero-order chi connectivity index (χ0) is 19.6. The summed E-state index contributed by atoms with van der Waals surface area (Å²) < 4.78 is 6.60. The van der Waals surface area contributed by atoms with Gasteiger partial charge in [0.05, 0.1) is 24.6 Å². The smallest absolute Gasteiger partial charge is 0.253 e. The van der Waals surface area contributed by atoms with Crippen LogP contribution in [-0.2, 0) is 0 Å². The molecule has 0 unspecified atom stereocenters. The van der Waals surface area contributed by atoms with Crippen molar-refractivity contribution in [2.24, 2.45) is 0 Å². The summed E-state index contributed by atoms with van der Waals surface area (Å²) in [5.74, 6) is 0.410. The first-order valence-corrected chi connectivity index (χ1v) is 8.26. The monoisotopic (exact) mass is 364 g/mol. The quantitative estimate of drug-likeness (QED) is 0.702. The van der Waals surface area contributed by atoms with Gasteiger partial charge in [0, 0.05) is 25.2 Å². The molecule has 0 fully saturated rings. The van der Waals surface area contributed by atoms with Crippen LogP contribution in [0.1, 0.15) is 26.3 Å². The van der Waals surface area contributed by atoms with E-state index in [-0.39, 0.29) is 23.1 Å². The van der Waals surface area contributed by atoms with Crippen LogP contribution in [0.15, 0.2) is 54.7 Å². The van der Waals surface area contributed by atoms with Crippen molar-refractivity contribution in [3.63, 3.8) is 0 Å². The van der Waals surface area contributed by atoms with Crippen molar-refractivity contribution in [2.45, 2.75) is 0 Å². The number of hydrogen-bond donors (Lipinski definition) is 1. The second-order valence-electron chi connectivity index (χ2n) is 6.17. The van der Waals surface area contributed by atoms with Crippen LogP contribution in [-0.4, -0.2) is 47.6 Å². The number of hydrogen-bond acceptors (Lipinski definition) is 5. The molecule has 0 aliphatic carbocycles. The van der Waals surface area contributed by atoms with E-state index in [1.165, 1.54) is 22.9 Å². The molecule has 2 aromatic carbocycles. The lowest BCUT2D eigenvalue weighted by Gasteiger charge is -2.12. The molecule has 3 aromatic rings. The third-order valence-corrected chi connectivity index (χ3v) is 4.13. The van der Waals surface area contributed by atoms with Gasteiger partial charge in [-0.05, 0) is 30.3 Å². The zero-order valence-electron chi connectivity index (χ0n) is 15.3. The van der Waals surface area contributed by atoms with E-state index in [1.54, 1.807) is 62.6 Å². The minimum Gasteiger partial charge on any atom is -0.497 e. The Morgan fingerprint density at radius 1 is 1.07 bits per heavy atom. The number of nitrogen functional groups attached to an aromatic ring is 1. The number of aromatic nitrogens is 2. The summed E-state index contributed by atoms with van der Waals surface area (Å²) in [6.07, 6.45) is 1.43. The predicted molar refractivity (Wildman–Crippen MR) is 102 cm³/mol. The van der Waals surface area contributed by atoms with Gasteiger partial charge in [-0.25, -0.2) is 4.68 Å². The Balaban J connectivity index is 1.97. The highest BCUT2D eigenvalue weighted by molar-refractivity contribution is 6.11. The van der Waals surface area contributed by atoms with Crippen molar-refractivity contribution in [1.29, 1.82) is 0 Å². The lowest BCUT2D eigenvalue weighted by atomic mass is 10.1. The number of anilines is 1. The highest BCUT2D eigenvalue weighted by Crippen LogP contribution is 2.23. The molecule has 0 saturated carbocycles. The largest absolute Gasteiger partial charge is 0.497 e. The summed E-state index contributed by atoms with van der Waals surface area (Å²) in [6, 6.07) is 13.8. The van der Waals surface area contributed by atoms with Gasteiger partial charge >= 0.3 is 0 Å². The van der Waals surface area contributed by atoms with E-state index < -0.39 is 0 Å². The fourth-order valence-corrected chi connectivity index (χ4v) is 2.69.